The van der Waals surface area contributed by atoms with Crippen molar-refractivity contribution < 1.29 is 0 Å². The van der Waals surface area contributed by atoms with Gasteiger partial charge in [-0.1, -0.05) is 35.3 Å². The van der Waals surface area contributed by atoms with Crippen molar-refractivity contribution in [3.8, 4) is 0 Å². The lowest BCUT2D eigenvalue weighted by Gasteiger charge is -2.37. The van der Waals surface area contributed by atoms with Crippen LogP contribution in [0.1, 0.15) is 5.56 Å². The van der Waals surface area contributed by atoms with Crippen molar-refractivity contribution in [2.45, 2.75) is 6.54 Å². The van der Waals surface area contributed by atoms with Crippen LogP contribution in [0.5, 0.6) is 0 Å². The van der Waals surface area contributed by atoms with E-state index in [-0.39, 0.29) is 0 Å². The highest BCUT2D eigenvalue weighted by atomic mass is 35.5. The zero-order valence-corrected chi connectivity index (χ0v) is 17.6. The Labute approximate surface area is 180 Å². The summed E-state index contributed by atoms with van der Waals surface area (Å²) in [5.74, 6) is 0. The van der Waals surface area contributed by atoms with Crippen molar-refractivity contribution in [2.24, 2.45) is 0 Å². The fourth-order valence-corrected chi connectivity index (χ4v) is 3.97. The number of halogens is 2. The number of fused-ring (bicyclic) bond motifs is 1. The Kier molecular flexibility index (Phi) is 5.85. The molecule has 1 aliphatic rings. The van der Waals surface area contributed by atoms with E-state index < -0.39 is 0 Å². The Balaban J connectivity index is 1.37. The second-order valence-electron chi connectivity index (χ2n) is 6.75. The second-order valence-corrected chi connectivity index (χ2v) is 8.01. The average molecular weight is 431 g/mol. The number of nitrogens with zero attached hydrogens (tertiary/aromatic N) is 3. The van der Waals surface area contributed by atoms with Crippen LogP contribution in [0.25, 0.3) is 10.9 Å². The van der Waals surface area contributed by atoms with Crippen LogP contribution in [0.3, 0.4) is 0 Å². The Morgan fingerprint density at radius 1 is 0.964 bits per heavy atom. The van der Waals surface area contributed by atoms with Crippen LogP contribution in [0, 0.1) is 0 Å². The summed E-state index contributed by atoms with van der Waals surface area (Å²) in [6.07, 6.45) is 1.86. The SMILES string of the molecule is S=C(NCc1ccc(Cl)cc1)N1CCN(c2ccnc3ccc(Cl)cc23)CC1. The number of anilines is 1. The summed E-state index contributed by atoms with van der Waals surface area (Å²) in [6, 6.07) is 15.7. The van der Waals surface area contributed by atoms with Crippen molar-refractivity contribution in [1.82, 2.24) is 15.2 Å². The molecule has 1 fully saturated rings. The van der Waals surface area contributed by atoms with Crippen molar-refractivity contribution in [3.63, 3.8) is 0 Å². The molecule has 3 aromatic rings. The van der Waals surface area contributed by atoms with Crippen molar-refractivity contribution in [2.75, 3.05) is 31.1 Å². The van der Waals surface area contributed by atoms with Gasteiger partial charge >= 0.3 is 0 Å². The van der Waals surface area contributed by atoms with Gasteiger partial charge in [-0.3, -0.25) is 4.98 Å². The molecule has 0 saturated carbocycles. The fourth-order valence-electron chi connectivity index (χ4n) is 3.42. The van der Waals surface area contributed by atoms with Gasteiger partial charge in [0.25, 0.3) is 0 Å². The van der Waals surface area contributed by atoms with Gasteiger partial charge < -0.3 is 15.1 Å². The van der Waals surface area contributed by atoms with Crippen molar-refractivity contribution in [1.29, 1.82) is 0 Å². The number of thiocarbonyl (C=S) groups is 1. The number of aromatic nitrogens is 1. The standard InChI is InChI=1S/C21H20Cl2N4S/c22-16-3-1-15(2-4-16)14-25-21(28)27-11-9-26(10-12-27)20-7-8-24-19-6-5-17(23)13-18(19)20/h1-8,13H,9-12,14H2,(H,25,28). The van der Waals surface area contributed by atoms with Crippen LogP contribution < -0.4 is 10.2 Å². The molecular formula is C21H20Cl2N4S. The minimum Gasteiger partial charge on any atom is -0.367 e. The first-order valence-corrected chi connectivity index (χ1v) is 10.3. The van der Waals surface area contributed by atoms with E-state index in [1.807, 2.05) is 48.7 Å². The van der Waals surface area contributed by atoms with Crippen LogP contribution in [0.15, 0.2) is 54.7 Å². The van der Waals surface area contributed by atoms with E-state index in [1.165, 1.54) is 5.69 Å². The van der Waals surface area contributed by atoms with Crippen LogP contribution in [0.2, 0.25) is 10.0 Å². The molecule has 7 heteroatoms. The lowest BCUT2D eigenvalue weighted by atomic mass is 10.1. The van der Waals surface area contributed by atoms with E-state index in [2.05, 4.69) is 26.2 Å². The molecule has 4 rings (SSSR count). The molecule has 1 aliphatic heterocycles. The summed E-state index contributed by atoms with van der Waals surface area (Å²) >= 11 is 17.7. The molecule has 0 amide bonds. The van der Waals surface area contributed by atoms with Gasteiger partial charge in [0.1, 0.15) is 0 Å². The third-order valence-electron chi connectivity index (χ3n) is 4.95. The summed E-state index contributed by atoms with van der Waals surface area (Å²) in [5, 5.41) is 6.70. The second kappa shape index (κ2) is 8.52. The summed E-state index contributed by atoms with van der Waals surface area (Å²) in [7, 11) is 0. The largest absolute Gasteiger partial charge is 0.367 e. The lowest BCUT2D eigenvalue weighted by molar-refractivity contribution is 0.380. The van der Waals surface area contributed by atoms with Crippen molar-refractivity contribution in [3.05, 3.63) is 70.3 Å². The van der Waals surface area contributed by atoms with Gasteiger partial charge in [0.2, 0.25) is 0 Å². The number of hydrogen-bond donors (Lipinski definition) is 1. The molecule has 2 heterocycles. The first-order valence-electron chi connectivity index (χ1n) is 9.16. The van der Waals surface area contributed by atoms with Gasteiger partial charge in [0.05, 0.1) is 5.52 Å². The molecule has 1 N–H and O–H groups in total. The Morgan fingerprint density at radius 3 is 2.43 bits per heavy atom. The number of nitrogens with one attached hydrogen (secondary N) is 1. The molecule has 0 radical (unpaired) electrons. The summed E-state index contributed by atoms with van der Waals surface area (Å²) < 4.78 is 0. The van der Waals surface area contributed by atoms with E-state index in [9.17, 15) is 0 Å². The first-order chi connectivity index (χ1) is 13.6. The van der Waals surface area contributed by atoms with Gasteiger partial charge in [-0.05, 0) is 54.2 Å². The van der Waals surface area contributed by atoms with E-state index >= 15 is 0 Å². The van der Waals surface area contributed by atoms with Gasteiger partial charge in [-0.25, -0.2) is 0 Å². The molecule has 2 aromatic carbocycles. The number of pyridine rings is 1. The van der Waals surface area contributed by atoms with Crippen LogP contribution >= 0.6 is 35.4 Å². The molecule has 28 heavy (non-hydrogen) atoms. The summed E-state index contributed by atoms with van der Waals surface area (Å²) in [4.78, 5) is 9.04. The maximum Gasteiger partial charge on any atom is 0.169 e. The normalized spacial score (nSPS) is 14.4. The van der Waals surface area contributed by atoms with Crippen LogP contribution in [-0.2, 0) is 6.54 Å². The number of rotatable bonds is 3. The monoisotopic (exact) mass is 430 g/mol. The topological polar surface area (TPSA) is 31.4 Å². The third kappa shape index (κ3) is 4.32. The van der Waals surface area contributed by atoms with Crippen LogP contribution in [0.4, 0.5) is 5.69 Å². The van der Waals surface area contributed by atoms with E-state index in [4.69, 9.17) is 35.4 Å². The molecule has 4 nitrogen and oxygen atoms in total. The Bertz CT molecular complexity index is 985. The molecule has 0 bridgehead atoms. The van der Waals surface area contributed by atoms with Crippen molar-refractivity contribution >= 4 is 57.1 Å². The van der Waals surface area contributed by atoms with E-state index in [1.54, 1.807) is 0 Å². The minimum absolute atomic E-state index is 0.698. The maximum absolute atomic E-state index is 6.20. The highest BCUT2D eigenvalue weighted by molar-refractivity contribution is 7.80. The number of hydrogen-bond acceptors (Lipinski definition) is 3. The predicted octanol–water partition coefficient (Wildman–Crippen LogP) is 4.74. The highest BCUT2D eigenvalue weighted by Gasteiger charge is 2.20. The Hall–Kier alpha value is -2.08. The van der Waals surface area contributed by atoms with E-state index in [0.29, 0.717) is 6.54 Å². The molecule has 0 unspecified atom stereocenters. The zero-order chi connectivity index (χ0) is 19.5. The van der Waals surface area contributed by atoms with Gasteiger partial charge in [-0.15, -0.1) is 0 Å². The molecule has 1 aromatic heterocycles. The Morgan fingerprint density at radius 2 is 1.68 bits per heavy atom. The molecular weight excluding hydrogens is 411 g/mol. The maximum atomic E-state index is 6.20. The number of benzene rings is 2. The minimum atomic E-state index is 0.698. The third-order valence-corrected chi connectivity index (χ3v) is 5.83. The molecule has 0 spiro atoms. The lowest BCUT2D eigenvalue weighted by Crippen LogP contribution is -2.51. The first kappa shape index (κ1) is 19.2. The smallest absolute Gasteiger partial charge is 0.169 e. The molecule has 0 aliphatic carbocycles. The summed E-state index contributed by atoms with van der Waals surface area (Å²) in [5.41, 5.74) is 3.29. The van der Waals surface area contributed by atoms with E-state index in [0.717, 1.165) is 57.8 Å². The number of piperazine rings is 1. The fraction of sp³-hybridized carbons (Fsp3) is 0.238. The highest BCUT2D eigenvalue weighted by Crippen LogP contribution is 2.28. The van der Waals surface area contributed by atoms with Gasteiger partial charge in [0, 0.05) is 60.0 Å². The van der Waals surface area contributed by atoms with Crippen LogP contribution in [-0.4, -0.2) is 41.2 Å². The van der Waals surface area contributed by atoms with Gasteiger partial charge in [-0.2, -0.15) is 0 Å². The molecule has 0 atom stereocenters. The summed E-state index contributed by atoms with van der Waals surface area (Å²) in [6.45, 7) is 4.24. The van der Waals surface area contributed by atoms with Gasteiger partial charge in [0.15, 0.2) is 5.11 Å². The molecule has 144 valence electrons. The molecule has 1 saturated heterocycles. The quantitative estimate of drug-likeness (QED) is 0.606. The average Bonchev–Trinajstić information content (AvgIpc) is 2.73. The zero-order valence-electron chi connectivity index (χ0n) is 15.2. The predicted molar refractivity (Wildman–Crippen MR) is 121 cm³/mol.